The number of thioether (sulfide) groups is 1. The molecule has 6 rings (SSSR count). The Morgan fingerprint density at radius 3 is 2.89 bits per heavy atom. The van der Waals surface area contributed by atoms with Crippen LogP contribution in [-0.2, 0) is 9.59 Å². The van der Waals surface area contributed by atoms with Crippen LogP contribution in [0.4, 0.5) is 0 Å². The summed E-state index contributed by atoms with van der Waals surface area (Å²) in [5, 5.41) is 10.8. The fraction of sp³-hybridized carbons (Fsp3) is 0.421. The van der Waals surface area contributed by atoms with Gasteiger partial charge in [0.1, 0.15) is 5.75 Å². The second-order valence-electron chi connectivity index (χ2n) is 7.90. The molecule has 0 radical (unpaired) electrons. The number of hydrogen-bond acceptors (Lipinski definition) is 6. The van der Waals surface area contributed by atoms with Gasteiger partial charge in [0.15, 0.2) is 0 Å². The third-order valence-corrected chi connectivity index (χ3v) is 9.87. The van der Waals surface area contributed by atoms with Gasteiger partial charge in [-0.05, 0) is 42.4 Å². The minimum atomic E-state index is -0.925. The van der Waals surface area contributed by atoms with E-state index in [1.807, 2.05) is 12.1 Å². The molecule has 9 heteroatoms. The molecule has 2 N–H and O–H groups in total. The molecule has 0 spiro atoms. The van der Waals surface area contributed by atoms with Gasteiger partial charge in [-0.3, -0.25) is 14.4 Å². The van der Waals surface area contributed by atoms with Crippen LogP contribution in [0.3, 0.4) is 0 Å². The van der Waals surface area contributed by atoms with E-state index in [0.717, 1.165) is 26.4 Å². The highest BCUT2D eigenvalue weighted by molar-refractivity contribution is 9.10. The van der Waals surface area contributed by atoms with Crippen LogP contribution in [-0.4, -0.2) is 27.3 Å². The molecule has 2 bridgehead atoms. The molecular weight excluding hydrogens is 466 g/mol. The van der Waals surface area contributed by atoms with Gasteiger partial charge in [0.2, 0.25) is 0 Å². The summed E-state index contributed by atoms with van der Waals surface area (Å²) in [6.07, 6.45) is 0.720. The molecule has 2 saturated carbocycles. The van der Waals surface area contributed by atoms with Crippen LogP contribution < -0.4 is 9.61 Å². The first kappa shape index (κ1) is 17.3. The van der Waals surface area contributed by atoms with E-state index >= 15 is 0 Å². The van der Waals surface area contributed by atoms with Gasteiger partial charge in [0.25, 0.3) is 0 Å². The molecule has 4 aliphatic rings. The van der Waals surface area contributed by atoms with Gasteiger partial charge in [-0.15, -0.1) is 11.8 Å². The number of fused-ring (bicyclic) bond motifs is 6. The Labute approximate surface area is 175 Å². The van der Waals surface area contributed by atoms with E-state index < -0.39 is 23.8 Å². The Kier molecular flexibility index (Phi) is 3.54. The molecular formula is C19H14BrNO5S2. The van der Waals surface area contributed by atoms with Gasteiger partial charge in [0.05, 0.1) is 16.9 Å². The molecule has 6 nitrogen and oxygen atoms in total. The first-order chi connectivity index (χ1) is 13.4. The smallest absolute Gasteiger partial charge is 0.315 e. The number of H-pyrrole nitrogens is 1. The number of carboxylic acid groups (broad SMARTS) is 1. The summed E-state index contributed by atoms with van der Waals surface area (Å²) in [5.74, 6) is -2.33. The zero-order valence-electron chi connectivity index (χ0n) is 14.3. The minimum Gasteiger partial charge on any atom is -0.481 e. The van der Waals surface area contributed by atoms with Crippen LogP contribution in [0.5, 0.6) is 5.75 Å². The number of aliphatic carboxylic acids is 1. The largest absolute Gasteiger partial charge is 0.481 e. The Balaban J connectivity index is 1.64. The van der Waals surface area contributed by atoms with Crippen LogP contribution in [0.1, 0.15) is 22.8 Å². The quantitative estimate of drug-likeness (QED) is 0.481. The van der Waals surface area contributed by atoms with Crippen molar-refractivity contribution in [2.75, 3.05) is 0 Å². The number of ether oxygens (including phenoxy) is 1. The molecule has 2 aromatic rings. The second-order valence-corrected chi connectivity index (χ2v) is 11.0. The number of hydrogen-bond donors (Lipinski definition) is 2. The first-order valence-corrected chi connectivity index (χ1v) is 11.6. The SMILES string of the molecule is O=C(O)[C@H]1[C@@H]2C[C@@H]3[C@@H]1C(=O)Oc1ccc(Br)cc1[C@@H]1c4sc(=O)[nH]c4S[C@@H]2[C@H]13. The lowest BCUT2D eigenvalue weighted by molar-refractivity contribution is -0.156. The lowest BCUT2D eigenvalue weighted by atomic mass is 9.66. The highest BCUT2D eigenvalue weighted by Crippen LogP contribution is 2.68. The summed E-state index contributed by atoms with van der Waals surface area (Å²) in [5.41, 5.74) is 0.896. The number of carboxylic acids is 1. The zero-order chi connectivity index (χ0) is 19.3. The fourth-order valence-corrected chi connectivity index (χ4v) is 9.23. The summed E-state index contributed by atoms with van der Waals surface area (Å²) in [6.45, 7) is 0. The average molecular weight is 480 g/mol. The van der Waals surface area contributed by atoms with E-state index in [-0.39, 0.29) is 33.8 Å². The lowest BCUT2D eigenvalue weighted by Gasteiger charge is -2.45. The molecule has 2 aliphatic carbocycles. The summed E-state index contributed by atoms with van der Waals surface area (Å²) < 4.78 is 6.63. The van der Waals surface area contributed by atoms with Crippen LogP contribution in [0.25, 0.3) is 0 Å². The maximum atomic E-state index is 13.0. The maximum absolute atomic E-state index is 13.0. The van der Waals surface area contributed by atoms with Crippen molar-refractivity contribution in [3.05, 3.63) is 42.8 Å². The van der Waals surface area contributed by atoms with E-state index in [1.165, 1.54) is 11.3 Å². The average Bonchev–Trinajstić information content (AvgIpc) is 3.30. The maximum Gasteiger partial charge on any atom is 0.315 e. The standard InChI is InChI=1S/C19H14BrNO5S2/c20-5-1-2-9-6(3-5)10-11-7-4-8(12(17(22)23)13(7)18(24)26-9)14(11)27-16-15(10)28-19(25)21-16/h1-3,7-8,10-14H,4H2,(H,21,25)(H,22,23)/t7-,8-,10-,11-,12-,13-,14-/m0/s1. The number of rotatable bonds is 1. The number of aromatic amines is 1. The van der Waals surface area contributed by atoms with E-state index in [9.17, 15) is 19.5 Å². The Bertz CT molecular complexity index is 1110. The van der Waals surface area contributed by atoms with Crippen molar-refractivity contribution < 1.29 is 19.4 Å². The molecule has 7 atom stereocenters. The Hall–Kier alpha value is -1.58. The predicted molar refractivity (Wildman–Crippen MR) is 106 cm³/mol. The number of carbonyl (C=O) groups is 2. The molecule has 2 aliphatic heterocycles. The third-order valence-electron chi connectivity index (χ3n) is 6.79. The van der Waals surface area contributed by atoms with Crippen LogP contribution in [0, 0.1) is 29.6 Å². The number of carbonyl (C=O) groups excluding carboxylic acids is 1. The van der Waals surface area contributed by atoms with Gasteiger partial charge < -0.3 is 14.8 Å². The molecule has 3 heterocycles. The highest BCUT2D eigenvalue weighted by atomic mass is 79.9. The monoisotopic (exact) mass is 479 g/mol. The molecule has 0 amide bonds. The molecule has 1 aromatic carbocycles. The first-order valence-electron chi connectivity index (χ1n) is 9.07. The van der Waals surface area contributed by atoms with Crippen LogP contribution >= 0.6 is 39.0 Å². The topological polar surface area (TPSA) is 96.5 Å². The number of esters is 1. The molecule has 2 fully saturated rings. The van der Waals surface area contributed by atoms with Crippen molar-refractivity contribution in [3.8, 4) is 5.75 Å². The van der Waals surface area contributed by atoms with Crippen molar-refractivity contribution in [2.24, 2.45) is 29.6 Å². The van der Waals surface area contributed by atoms with E-state index in [1.54, 1.807) is 17.8 Å². The number of thiazole rings is 1. The summed E-state index contributed by atoms with van der Waals surface area (Å²) >= 11 is 6.33. The Morgan fingerprint density at radius 1 is 1.29 bits per heavy atom. The van der Waals surface area contributed by atoms with E-state index in [4.69, 9.17) is 4.74 Å². The van der Waals surface area contributed by atoms with Gasteiger partial charge >= 0.3 is 16.8 Å². The van der Waals surface area contributed by atoms with Crippen LogP contribution in [0.2, 0.25) is 0 Å². The van der Waals surface area contributed by atoms with Crippen molar-refractivity contribution in [1.82, 2.24) is 4.98 Å². The minimum absolute atomic E-state index is 0.0430. The van der Waals surface area contributed by atoms with E-state index in [2.05, 4.69) is 20.9 Å². The normalized spacial score (nSPS) is 36.9. The Morgan fingerprint density at radius 2 is 2.11 bits per heavy atom. The van der Waals surface area contributed by atoms with Crippen molar-refractivity contribution in [2.45, 2.75) is 22.6 Å². The number of aromatic nitrogens is 1. The number of nitrogens with one attached hydrogen (secondary N) is 1. The van der Waals surface area contributed by atoms with Crippen molar-refractivity contribution >= 4 is 51.0 Å². The van der Waals surface area contributed by atoms with Crippen LogP contribution in [0.15, 0.2) is 32.5 Å². The third kappa shape index (κ3) is 2.12. The van der Waals surface area contributed by atoms with Crippen molar-refractivity contribution in [3.63, 3.8) is 0 Å². The molecule has 144 valence electrons. The second kappa shape index (κ2) is 5.73. The summed E-state index contributed by atoms with van der Waals surface area (Å²) in [6, 6.07) is 5.54. The molecule has 1 aromatic heterocycles. The van der Waals surface area contributed by atoms with Crippen molar-refractivity contribution in [1.29, 1.82) is 0 Å². The highest BCUT2D eigenvalue weighted by Gasteiger charge is 2.67. The number of halogens is 1. The summed E-state index contributed by atoms with van der Waals surface area (Å²) in [4.78, 5) is 41.0. The van der Waals surface area contributed by atoms with Gasteiger partial charge in [-0.1, -0.05) is 27.3 Å². The predicted octanol–water partition coefficient (Wildman–Crippen LogP) is 3.31. The van der Waals surface area contributed by atoms with Gasteiger partial charge in [-0.25, -0.2) is 0 Å². The lowest BCUT2D eigenvalue weighted by Crippen LogP contribution is -2.49. The van der Waals surface area contributed by atoms with E-state index in [0.29, 0.717) is 5.75 Å². The summed E-state index contributed by atoms with van der Waals surface area (Å²) in [7, 11) is 0. The molecule has 0 unspecified atom stereocenters. The van der Waals surface area contributed by atoms with Gasteiger partial charge in [-0.2, -0.15) is 0 Å². The molecule has 0 saturated heterocycles. The fourth-order valence-electron chi connectivity index (χ4n) is 5.97. The number of benzene rings is 1. The molecule has 28 heavy (non-hydrogen) atoms. The zero-order valence-corrected chi connectivity index (χ0v) is 17.5. The van der Waals surface area contributed by atoms with Gasteiger partial charge in [0, 0.05) is 26.1 Å².